The lowest BCUT2D eigenvalue weighted by molar-refractivity contribution is -0.127. The summed E-state index contributed by atoms with van der Waals surface area (Å²) in [5.41, 5.74) is -0.0765. The van der Waals surface area contributed by atoms with E-state index >= 15 is 0 Å². The second kappa shape index (κ2) is 7.59. The normalized spacial score (nSPS) is 24.4. The lowest BCUT2D eigenvalue weighted by Crippen LogP contribution is -2.51. The first-order valence-electron chi connectivity index (χ1n) is 11.0. The maximum atomic E-state index is 13.9. The molecule has 2 fully saturated rings. The van der Waals surface area contributed by atoms with Gasteiger partial charge in [0.25, 0.3) is 0 Å². The van der Waals surface area contributed by atoms with Crippen LogP contribution in [0.15, 0.2) is 66.7 Å². The lowest BCUT2D eigenvalue weighted by Gasteiger charge is -2.27. The zero-order valence-electron chi connectivity index (χ0n) is 18.3. The molecule has 6 rings (SSSR count). The SMILES string of the molecule is Cc1ccc([C@H]2OC3(C(=O)c4ccccc4C3=O)[C@H]3C(=O)N(c4cc(Cl)ccc4Cl)C(=O)[C@@H]23)cc1. The summed E-state index contributed by atoms with van der Waals surface area (Å²) in [7, 11) is 0. The average molecular weight is 506 g/mol. The summed E-state index contributed by atoms with van der Waals surface area (Å²) >= 11 is 12.5. The predicted molar refractivity (Wildman–Crippen MR) is 129 cm³/mol. The van der Waals surface area contributed by atoms with Crippen LogP contribution in [0, 0.1) is 18.8 Å². The smallest absolute Gasteiger partial charge is 0.241 e. The maximum absolute atomic E-state index is 13.9. The van der Waals surface area contributed by atoms with E-state index in [0.29, 0.717) is 5.56 Å². The minimum absolute atomic E-state index is 0.108. The third kappa shape index (κ3) is 2.88. The first-order valence-corrected chi connectivity index (χ1v) is 11.8. The number of Topliss-reactive ketones (excluding diaryl/α,β-unsaturated/α-hetero) is 2. The number of imide groups is 1. The largest absolute Gasteiger partial charge is 0.349 e. The molecule has 3 aromatic carbocycles. The molecule has 2 heterocycles. The van der Waals surface area contributed by atoms with E-state index in [9.17, 15) is 19.2 Å². The Bertz CT molecular complexity index is 1430. The molecule has 1 spiro atoms. The Kier molecular flexibility index (Phi) is 4.81. The molecule has 0 N–H and O–H groups in total. The number of aryl methyl sites for hydroxylation is 1. The Morgan fingerprint density at radius 1 is 0.829 bits per heavy atom. The highest BCUT2D eigenvalue weighted by Crippen LogP contribution is 2.58. The zero-order chi connectivity index (χ0) is 24.6. The molecule has 3 atom stereocenters. The predicted octanol–water partition coefficient (Wildman–Crippen LogP) is 5.00. The molecule has 3 aliphatic rings. The van der Waals surface area contributed by atoms with Crippen molar-refractivity contribution in [2.24, 2.45) is 11.8 Å². The fraction of sp³-hybridized carbons (Fsp3) is 0.185. The highest BCUT2D eigenvalue weighted by Gasteiger charge is 2.74. The molecule has 174 valence electrons. The van der Waals surface area contributed by atoms with Crippen LogP contribution in [0.25, 0.3) is 0 Å². The summed E-state index contributed by atoms with van der Waals surface area (Å²) in [6.07, 6.45) is -0.984. The van der Waals surface area contributed by atoms with E-state index in [1.54, 1.807) is 30.3 Å². The molecule has 0 saturated carbocycles. The maximum Gasteiger partial charge on any atom is 0.241 e. The lowest BCUT2D eigenvalue weighted by atomic mass is 9.77. The van der Waals surface area contributed by atoms with Crippen LogP contribution in [-0.4, -0.2) is 29.0 Å². The monoisotopic (exact) mass is 505 g/mol. The summed E-state index contributed by atoms with van der Waals surface area (Å²) in [6, 6.07) is 18.1. The highest BCUT2D eigenvalue weighted by molar-refractivity contribution is 6.40. The molecule has 3 aromatic rings. The van der Waals surface area contributed by atoms with E-state index in [1.165, 1.54) is 24.3 Å². The topological polar surface area (TPSA) is 80.8 Å². The minimum Gasteiger partial charge on any atom is -0.349 e. The van der Waals surface area contributed by atoms with Gasteiger partial charge in [-0.05, 0) is 30.7 Å². The number of anilines is 1. The van der Waals surface area contributed by atoms with Crippen LogP contribution in [-0.2, 0) is 14.3 Å². The number of rotatable bonds is 2. The van der Waals surface area contributed by atoms with Gasteiger partial charge in [0.1, 0.15) is 0 Å². The van der Waals surface area contributed by atoms with Gasteiger partial charge in [-0.25, -0.2) is 4.90 Å². The van der Waals surface area contributed by atoms with E-state index in [0.717, 1.165) is 10.5 Å². The molecule has 0 aromatic heterocycles. The first-order chi connectivity index (χ1) is 16.8. The van der Waals surface area contributed by atoms with E-state index in [4.69, 9.17) is 27.9 Å². The number of hydrogen-bond acceptors (Lipinski definition) is 5. The van der Waals surface area contributed by atoms with Crippen molar-refractivity contribution in [3.05, 3.63) is 99.0 Å². The quantitative estimate of drug-likeness (QED) is 0.361. The van der Waals surface area contributed by atoms with Gasteiger partial charge in [0, 0.05) is 16.1 Å². The number of carbonyl (C=O) groups is 4. The molecule has 6 nitrogen and oxygen atoms in total. The Morgan fingerprint density at radius 3 is 2.09 bits per heavy atom. The van der Waals surface area contributed by atoms with Crippen LogP contribution >= 0.6 is 23.2 Å². The minimum atomic E-state index is -2.13. The van der Waals surface area contributed by atoms with Crippen molar-refractivity contribution >= 4 is 52.3 Å². The number of halogens is 2. The van der Waals surface area contributed by atoms with Crippen LogP contribution in [0.1, 0.15) is 37.9 Å². The van der Waals surface area contributed by atoms with Gasteiger partial charge in [-0.3, -0.25) is 19.2 Å². The van der Waals surface area contributed by atoms with Crippen LogP contribution in [0.2, 0.25) is 10.0 Å². The number of ether oxygens (including phenoxy) is 1. The van der Waals surface area contributed by atoms with Gasteiger partial charge >= 0.3 is 0 Å². The molecule has 2 saturated heterocycles. The summed E-state index contributed by atoms with van der Waals surface area (Å²) in [5, 5.41) is 0.425. The van der Waals surface area contributed by atoms with Crippen molar-refractivity contribution in [2.45, 2.75) is 18.6 Å². The number of hydrogen-bond donors (Lipinski definition) is 0. The van der Waals surface area contributed by atoms with Crippen molar-refractivity contribution in [2.75, 3.05) is 4.90 Å². The number of nitrogens with zero attached hydrogens (tertiary/aromatic N) is 1. The van der Waals surface area contributed by atoms with Gasteiger partial charge in [-0.15, -0.1) is 0 Å². The van der Waals surface area contributed by atoms with Crippen molar-refractivity contribution < 1.29 is 23.9 Å². The van der Waals surface area contributed by atoms with Crippen molar-refractivity contribution in [3.63, 3.8) is 0 Å². The van der Waals surface area contributed by atoms with Gasteiger partial charge in [0.2, 0.25) is 29.0 Å². The van der Waals surface area contributed by atoms with Crippen LogP contribution in [0.3, 0.4) is 0 Å². The Morgan fingerprint density at radius 2 is 1.46 bits per heavy atom. The van der Waals surface area contributed by atoms with E-state index in [2.05, 4.69) is 0 Å². The third-order valence-corrected chi connectivity index (χ3v) is 7.63. The second-order valence-electron chi connectivity index (χ2n) is 9.00. The summed E-state index contributed by atoms with van der Waals surface area (Å²) in [6.45, 7) is 1.91. The number of benzene rings is 3. The molecule has 35 heavy (non-hydrogen) atoms. The van der Waals surface area contributed by atoms with Gasteiger partial charge in [-0.2, -0.15) is 0 Å². The molecular weight excluding hydrogens is 489 g/mol. The van der Waals surface area contributed by atoms with E-state index in [1.807, 2.05) is 19.1 Å². The van der Waals surface area contributed by atoms with E-state index in [-0.39, 0.29) is 26.9 Å². The number of carbonyl (C=O) groups excluding carboxylic acids is 4. The van der Waals surface area contributed by atoms with Gasteiger partial charge in [-0.1, -0.05) is 77.3 Å². The molecule has 2 aliphatic heterocycles. The van der Waals surface area contributed by atoms with Gasteiger partial charge in [0.15, 0.2) is 0 Å². The molecule has 0 bridgehead atoms. The fourth-order valence-electron chi connectivity index (χ4n) is 5.47. The van der Waals surface area contributed by atoms with Crippen LogP contribution in [0.5, 0.6) is 0 Å². The zero-order valence-corrected chi connectivity index (χ0v) is 19.8. The Balaban J connectivity index is 1.56. The Hall–Kier alpha value is -3.32. The second-order valence-corrected chi connectivity index (χ2v) is 9.84. The third-order valence-electron chi connectivity index (χ3n) is 7.07. The molecule has 1 aliphatic carbocycles. The first kappa shape index (κ1) is 22.2. The highest BCUT2D eigenvalue weighted by atomic mass is 35.5. The molecule has 0 radical (unpaired) electrons. The van der Waals surface area contributed by atoms with Crippen LogP contribution < -0.4 is 4.90 Å². The number of amides is 2. The van der Waals surface area contributed by atoms with Crippen molar-refractivity contribution in [1.82, 2.24) is 0 Å². The van der Waals surface area contributed by atoms with Gasteiger partial charge < -0.3 is 4.74 Å². The van der Waals surface area contributed by atoms with Crippen molar-refractivity contribution in [3.8, 4) is 0 Å². The fourth-order valence-corrected chi connectivity index (χ4v) is 5.84. The molecular formula is C27H17Cl2NO5. The summed E-state index contributed by atoms with van der Waals surface area (Å²) < 4.78 is 6.26. The standard InChI is InChI=1S/C27H17Cl2NO5/c1-13-6-8-14(9-7-13)22-20-21(26(34)30(25(20)33)19-12-15(28)10-11-18(19)29)27(35-22)23(31)16-4-2-3-5-17(16)24(27)32/h2-12,20-22H,1H3/t20-,21-,22-/m1/s1. The number of ketones is 2. The number of fused-ring (bicyclic) bond motifs is 3. The Labute approximate surface area is 210 Å². The van der Waals surface area contributed by atoms with E-state index < -0.39 is 46.9 Å². The van der Waals surface area contributed by atoms with Crippen molar-refractivity contribution in [1.29, 1.82) is 0 Å². The average Bonchev–Trinajstić information content (AvgIpc) is 3.41. The molecule has 8 heteroatoms. The molecule has 0 unspecified atom stereocenters. The summed E-state index contributed by atoms with van der Waals surface area (Å²) in [5.74, 6) is -4.96. The molecule has 2 amide bonds. The summed E-state index contributed by atoms with van der Waals surface area (Å²) in [4.78, 5) is 56.2. The van der Waals surface area contributed by atoms with Crippen LogP contribution in [0.4, 0.5) is 5.69 Å². The van der Waals surface area contributed by atoms with Gasteiger partial charge in [0.05, 0.1) is 28.6 Å².